The minimum atomic E-state index is -0.611. The average molecular weight is 326 g/mol. The molecule has 1 fully saturated rings. The van der Waals surface area contributed by atoms with E-state index in [1.54, 1.807) is 18.5 Å². The Morgan fingerprint density at radius 3 is 2.79 bits per heavy atom. The van der Waals surface area contributed by atoms with E-state index in [1.807, 2.05) is 6.92 Å². The van der Waals surface area contributed by atoms with Crippen LogP contribution in [0.5, 0.6) is 5.75 Å². The topological polar surface area (TPSA) is 107 Å². The summed E-state index contributed by atoms with van der Waals surface area (Å²) >= 11 is 0. The molecule has 2 aromatic heterocycles. The molecule has 0 atom stereocenters. The van der Waals surface area contributed by atoms with Crippen molar-refractivity contribution < 1.29 is 14.3 Å². The van der Waals surface area contributed by atoms with Crippen LogP contribution in [-0.2, 0) is 4.79 Å². The lowest BCUT2D eigenvalue weighted by molar-refractivity contribution is -0.117. The van der Waals surface area contributed by atoms with Crippen LogP contribution in [-0.4, -0.2) is 28.4 Å². The first-order valence-electron chi connectivity index (χ1n) is 7.78. The number of nitrogens with two attached hydrogens (primary N) is 1. The number of ether oxygens (including phenoxy) is 1. The van der Waals surface area contributed by atoms with Crippen molar-refractivity contribution in [3.8, 4) is 16.9 Å². The molecule has 0 aromatic carbocycles. The van der Waals surface area contributed by atoms with Crippen LogP contribution < -0.4 is 15.8 Å². The zero-order chi connectivity index (χ0) is 17.1. The number of nitrogens with zero attached hydrogens (tertiary/aromatic N) is 2. The van der Waals surface area contributed by atoms with Crippen LogP contribution in [0.1, 0.15) is 30.1 Å². The van der Waals surface area contributed by atoms with Gasteiger partial charge in [0, 0.05) is 35.6 Å². The third-order valence-electron chi connectivity index (χ3n) is 3.76. The number of anilines is 1. The highest BCUT2D eigenvalue weighted by atomic mass is 16.5. The van der Waals surface area contributed by atoms with E-state index in [-0.39, 0.29) is 23.2 Å². The van der Waals surface area contributed by atoms with Gasteiger partial charge in [-0.05, 0) is 31.9 Å². The molecule has 0 aliphatic heterocycles. The molecule has 1 saturated carbocycles. The van der Waals surface area contributed by atoms with Gasteiger partial charge < -0.3 is 15.8 Å². The molecule has 1 aliphatic rings. The van der Waals surface area contributed by atoms with Crippen LogP contribution in [0.3, 0.4) is 0 Å². The maximum absolute atomic E-state index is 12.1. The van der Waals surface area contributed by atoms with Crippen LogP contribution in [0.2, 0.25) is 0 Å². The molecule has 2 amide bonds. The highest BCUT2D eigenvalue weighted by Gasteiger charge is 2.31. The zero-order valence-electron chi connectivity index (χ0n) is 13.3. The normalized spacial score (nSPS) is 13.4. The SMILES string of the molecule is CCOc1ccncc1-c1c(C(N)=O)ccnc1NC(=O)C1CC1. The molecule has 124 valence electrons. The fourth-order valence-electron chi connectivity index (χ4n) is 2.45. The van der Waals surface area contributed by atoms with E-state index in [9.17, 15) is 9.59 Å². The highest BCUT2D eigenvalue weighted by molar-refractivity contribution is 6.06. The van der Waals surface area contributed by atoms with Gasteiger partial charge in [-0.15, -0.1) is 0 Å². The molecule has 24 heavy (non-hydrogen) atoms. The van der Waals surface area contributed by atoms with E-state index < -0.39 is 5.91 Å². The second kappa shape index (κ2) is 6.66. The summed E-state index contributed by atoms with van der Waals surface area (Å²) in [6.45, 7) is 2.31. The lowest BCUT2D eigenvalue weighted by Crippen LogP contribution is -2.18. The highest BCUT2D eigenvalue weighted by Crippen LogP contribution is 2.37. The van der Waals surface area contributed by atoms with Crippen molar-refractivity contribution in [2.24, 2.45) is 11.7 Å². The van der Waals surface area contributed by atoms with Gasteiger partial charge in [-0.3, -0.25) is 14.6 Å². The number of nitrogens with one attached hydrogen (secondary N) is 1. The zero-order valence-corrected chi connectivity index (χ0v) is 13.3. The number of rotatable bonds is 6. The second-order valence-electron chi connectivity index (χ2n) is 5.51. The minimum absolute atomic E-state index is 0.0112. The molecule has 0 unspecified atom stereocenters. The van der Waals surface area contributed by atoms with E-state index in [2.05, 4.69) is 15.3 Å². The summed E-state index contributed by atoms with van der Waals surface area (Å²) in [4.78, 5) is 32.3. The summed E-state index contributed by atoms with van der Waals surface area (Å²) < 4.78 is 5.61. The maximum atomic E-state index is 12.1. The quantitative estimate of drug-likeness (QED) is 0.844. The molecule has 0 radical (unpaired) electrons. The Balaban J connectivity index is 2.13. The fourth-order valence-corrected chi connectivity index (χ4v) is 2.45. The van der Waals surface area contributed by atoms with Gasteiger partial charge in [0.2, 0.25) is 11.8 Å². The molecule has 1 aliphatic carbocycles. The minimum Gasteiger partial charge on any atom is -0.493 e. The first kappa shape index (κ1) is 15.9. The number of amides is 2. The third kappa shape index (κ3) is 3.19. The number of carbonyl (C=O) groups excluding carboxylic acids is 2. The van der Waals surface area contributed by atoms with E-state index >= 15 is 0 Å². The first-order chi connectivity index (χ1) is 11.6. The van der Waals surface area contributed by atoms with E-state index in [0.717, 1.165) is 12.8 Å². The summed E-state index contributed by atoms with van der Waals surface area (Å²) in [5.74, 6) is 0.132. The number of pyridine rings is 2. The predicted molar refractivity (Wildman–Crippen MR) is 88.5 cm³/mol. The van der Waals surface area contributed by atoms with Gasteiger partial charge >= 0.3 is 0 Å². The average Bonchev–Trinajstić information content (AvgIpc) is 3.40. The van der Waals surface area contributed by atoms with E-state index in [1.165, 1.54) is 12.3 Å². The van der Waals surface area contributed by atoms with Gasteiger partial charge in [0.15, 0.2) is 0 Å². The van der Waals surface area contributed by atoms with Crippen LogP contribution in [0.4, 0.5) is 5.82 Å². The monoisotopic (exact) mass is 326 g/mol. The lowest BCUT2D eigenvalue weighted by atomic mass is 10.0. The summed E-state index contributed by atoms with van der Waals surface area (Å²) in [6.07, 6.45) is 6.35. The Bertz CT molecular complexity index is 787. The Morgan fingerprint density at radius 1 is 1.33 bits per heavy atom. The fraction of sp³-hybridized carbons (Fsp3) is 0.294. The molecule has 2 heterocycles. The first-order valence-corrected chi connectivity index (χ1v) is 7.78. The number of primary amides is 1. The third-order valence-corrected chi connectivity index (χ3v) is 3.76. The molecule has 0 spiro atoms. The number of aromatic nitrogens is 2. The lowest BCUT2D eigenvalue weighted by Gasteiger charge is -2.16. The Morgan fingerprint density at radius 2 is 2.12 bits per heavy atom. The molecule has 2 aromatic rings. The summed E-state index contributed by atoms with van der Waals surface area (Å²) in [6, 6.07) is 3.22. The standard InChI is InChI=1S/C17H18N4O3/c1-2-24-13-6-7-19-9-12(13)14-11(15(18)22)5-8-20-16(14)21-17(23)10-3-4-10/h5-10H,2-4H2,1H3,(H2,18,22)(H,20,21,23). The van der Waals surface area contributed by atoms with Crippen molar-refractivity contribution in [1.29, 1.82) is 0 Å². The van der Waals surface area contributed by atoms with Crippen LogP contribution in [0.25, 0.3) is 11.1 Å². The largest absolute Gasteiger partial charge is 0.493 e. The number of hydrogen-bond acceptors (Lipinski definition) is 5. The van der Waals surface area contributed by atoms with Gasteiger partial charge in [-0.2, -0.15) is 0 Å². The molecule has 7 heteroatoms. The molecule has 0 bridgehead atoms. The molecule has 0 saturated heterocycles. The Labute approximate surface area is 139 Å². The summed E-state index contributed by atoms with van der Waals surface area (Å²) in [5, 5.41) is 2.79. The van der Waals surface area contributed by atoms with Crippen molar-refractivity contribution in [1.82, 2.24) is 9.97 Å². The molecule has 7 nitrogen and oxygen atoms in total. The Kier molecular flexibility index (Phi) is 4.41. The van der Waals surface area contributed by atoms with Crippen LogP contribution in [0, 0.1) is 5.92 Å². The van der Waals surface area contributed by atoms with Crippen molar-refractivity contribution >= 4 is 17.6 Å². The number of hydrogen-bond donors (Lipinski definition) is 2. The van der Waals surface area contributed by atoms with Crippen LogP contribution >= 0.6 is 0 Å². The van der Waals surface area contributed by atoms with Gasteiger partial charge in [-0.1, -0.05) is 0 Å². The van der Waals surface area contributed by atoms with Gasteiger partial charge in [-0.25, -0.2) is 4.98 Å². The number of carbonyl (C=O) groups is 2. The maximum Gasteiger partial charge on any atom is 0.249 e. The smallest absolute Gasteiger partial charge is 0.249 e. The van der Waals surface area contributed by atoms with Gasteiger partial charge in [0.1, 0.15) is 11.6 Å². The van der Waals surface area contributed by atoms with Crippen molar-refractivity contribution in [2.75, 3.05) is 11.9 Å². The van der Waals surface area contributed by atoms with Crippen molar-refractivity contribution in [3.63, 3.8) is 0 Å². The van der Waals surface area contributed by atoms with Gasteiger partial charge in [0.25, 0.3) is 0 Å². The van der Waals surface area contributed by atoms with Gasteiger partial charge in [0.05, 0.1) is 12.2 Å². The molecular formula is C17H18N4O3. The Hall–Kier alpha value is -2.96. The second-order valence-corrected chi connectivity index (χ2v) is 5.51. The molecule has 3 rings (SSSR count). The summed E-state index contributed by atoms with van der Waals surface area (Å²) in [7, 11) is 0. The molecule has 3 N–H and O–H groups in total. The van der Waals surface area contributed by atoms with Crippen molar-refractivity contribution in [3.05, 3.63) is 36.3 Å². The molecular weight excluding hydrogens is 308 g/mol. The van der Waals surface area contributed by atoms with E-state index in [4.69, 9.17) is 10.5 Å². The van der Waals surface area contributed by atoms with E-state index in [0.29, 0.717) is 23.5 Å². The van der Waals surface area contributed by atoms with Crippen LogP contribution in [0.15, 0.2) is 30.7 Å². The van der Waals surface area contributed by atoms with Crippen molar-refractivity contribution in [2.45, 2.75) is 19.8 Å². The summed E-state index contributed by atoms with van der Waals surface area (Å²) in [5.41, 5.74) is 6.75. The predicted octanol–water partition coefficient (Wildman–Crippen LogP) is 1.99.